The summed E-state index contributed by atoms with van der Waals surface area (Å²) in [5, 5.41) is 0. The minimum atomic E-state index is -3.27. The predicted octanol–water partition coefficient (Wildman–Crippen LogP) is 2.23. The van der Waals surface area contributed by atoms with Gasteiger partial charge in [-0.3, -0.25) is 4.98 Å². The van der Waals surface area contributed by atoms with E-state index >= 15 is 0 Å². The maximum atomic E-state index is 11.9. The van der Waals surface area contributed by atoms with Gasteiger partial charge < -0.3 is 14.4 Å². The summed E-state index contributed by atoms with van der Waals surface area (Å²) in [7, 11) is -1.16. The number of sulfonamides is 1. The van der Waals surface area contributed by atoms with Crippen LogP contribution in [-0.4, -0.2) is 79.9 Å². The van der Waals surface area contributed by atoms with Crippen LogP contribution in [0.15, 0.2) is 36.7 Å². The summed E-state index contributed by atoms with van der Waals surface area (Å²) in [5.74, 6) is 0.366. The molecule has 4 heterocycles. The van der Waals surface area contributed by atoms with Crippen molar-refractivity contribution in [1.29, 1.82) is 0 Å². The van der Waals surface area contributed by atoms with Gasteiger partial charge in [0.05, 0.1) is 24.1 Å². The summed E-state index contributed by atoms with van der Waals surface area (Å²) < 4.78 is 37.0. The van der Waals surface area contributed by atoms with Gasteiger partial charge in [0, 0.05) is 50.3 Å². The zero-order valence-corrected chi connectivity index (χ0v) is 21.1. The smallest absolute Gasteiger partial charge is 0.242 e. The molecule has 5 rings (SSSR count). The van der Waals surface area contributed by atoms with E-state index in [0.29, 0.717) is 30.1 Å². The molecule has 0 bridgehead atoms. The molecule has 3 aromatic rings. The number of hydrogen-bond acceptors (Lipinski definition) is 8. The van der Waals surface area contributed by atoms with E-state index in [-0.39, 0.29) is 32.8 Å². The fourth-order valence-corrected chi connectivity index (χ4v) is 5.25. The highest BCUT2D eigenvalue weighted by Crippen LogP contribution is 2.32. The fraction of sp³-hybridized carbons (Fsp3) is 0.435. The molecule has 0 amide bonds. The number of pyridine rings is 1. The normalized spacial score (nSPS) is 18.9. The Kier molecular flexibility index (Phi) is 7.27. The Bertz CT molecular complexity index is 1290. The summed E-state index contributed by atoms with van der Waals surface area (Å²) in [6, 6.07) is 8.32. The Hall–Kier alpha value is -2.47. The topological polar surface area (TPSA) is 97.8 Å². The van der Waals surface area contributed by atoms with Crippen LogP contribution in [0.1, 0.15) is 12.0 Å². The lowest BCUT2D eigenvalue weighted by Gasteiger charge is -2.30. The van der Waals surface area contributed by atoms with Gasteiger partial charge in [0.2, 0.25) is 15.9 Å². The maximum Gasteiger partial charge on any atom is 0.242 e. The van der Waals surface area contributed by atoms with Crippen molar-refractivity contribution in [2.45, 2.75) is 18.9 Å². The molecule has 1 saturated heterocycles. The van der Waals surface area contributed by atoms with Gasteiger partial charge in [-0.05, 0) is 36.6 Å². The van der Waals surface area contributed by atoms with Crippen LogP contribution in [0.5, 0.6) is 5.88 Å². The summed E-state index contributed by atoms with van der Waals surface area (Å²) in [4.78, 5) is 15.9. The van der Waals surface area contributed by atoms with E-state index < -0.39 is 10.0 Å². The van der Waals surface area contributed by atoms with Crippen LogP contribution in [0.4, 0.5) is 5.69 Å². The number of ether oxygens (including phenoxy) is 2. The van der Waals surface area contributed by atoms with Crippen molar-refractivity contribution in [3.8, 4) is 17.1 Å². The van der Waals surface area contributed by atoms with E-state index in [1.807, 2.05) is 6.07 Å². The Morgan fingerprint density at radius 3 is 2.82 bits per heavy atom. The summed E-state index contributed by atoms with van der Waals surface area (Å²) in [6.45, 7) is 2.17. The minimum absolute atomic E-state index is 0. The molecule has 2 aromatic heterocycles. The largest absolute Gasteiger partial charge is 0.473 e. The molecule has 2 aliphatic rings. The van der Waals surface area contributed by atoms with Crippen molar-refractivity contribution >= 4 is 40.2 Å². The Labute approximate surface area is 206 Å². The lowest BCUT2D eigenvalue weighted by atomic mass is 9.98. The van der Waals surface area contributed by atoms with E-state index in [9.17, 15) is 8.42 Å². The molecule has 1 fully saturated rings. The second kappa shape index (κ2) is 10.0. The van der Waals surface area contributed by atoms with E-state index in [2.05, 4.69) is 40.1 Å². The second-order valence-corrected chi connectivity index (χ2v) is 10.5. The summed E-state index contributed by atoms with van der Waals surface area (Å²) in [5.41, 5.74) is 5.58. The third-order valence-corrected chi connectivity index (χ3v) is 7.40. The number of aromatic nitrogens is 3. The highest BCUT2D eigenvalue weighted by Gasteiger charge is 2.27. The third kappa shape index (κ3) is 5.12. The third-order valence-electron chi connectivity index (χ3n) is 6.13. The molecule has 9 nitrogen and oxygen atoms in total. The molecule has 0 spiro atoms. The van der Waals surface area contributed by atoms with Gasteiger partial charge in [0.1, 0.15) is 12.7 Å². The quantitative estimate of drug-likeness (QED) is 0.523. The Balaban J connectivity index is 0.00000274. The van der Waals surface area contributed by atoms with E-state index in [0.717, 1.165) is 30.6 Å². The first-order valence-electron chi connectivity index (χ1n) is 11.0. The van der Waals surface area contributed by atoms with Crippen LogP contribution < -0.4 is 9.64 Å². The SMILES string of the molecule is CN1CCCc2cc(-c3cc4nccnc4c(OC[C@@H]4CN(S(C)(=O)=O)CCO4)n3)ccc21.S. The van der Waals surface area contributed by atoms with Crippen LogP contribution >= 0.6 is 13.5 Å². The molecule has 34 heavy (non-hydrogen) atoms. The van der Waals surface area contributed by atoms with Gasteiger partial charge in [-0.25, -0.2) is 18.4 Å². The fourth-order valence-electron chi connectivity index (χ4n) is 4.40. The van der Waals surface area contributed by atoms with Crippen molar-refractivity contribution in [1.82, 2.24) is 19.3 Å². The molecular formula is C23H29N5O4S2. The van der Waals surface area contributed by atoms with Gasteiger partial charge in [-0.1, -0.05) is 6.07 Å². The molecule has 0 saturated carbocycles. The standard InChI is InChI=1S/C23H27N5O4S.H2S/c1-27-9-3-4-17-12-16(5-6-21(17)27)19-13-20-22(25-8-7-24-20)23(26-19)32-15-18-14-28(10-11-31-18)33(2,29)30;/h5-8,12-13,18H,3-4,9-11,14-15H2,1-2H3;1H2/t18-;/m0./s1. The Morgan fingerprint density at radius 2 is 2.00 bits per heavy atom. The van der Waals surface area contributed by atoms with Crippen LogP contribution in [0.3, 0.4) is 0 Å². The second-order valence-electron chi connectivity index (χ2n) is 8.53. The summed E-state index contributed by atoms with van der Waals surface area (Å²) in [6.07, 6.45) is 6.25. The molecule has 0 N–H and O–H groups in total. The maximum absolute atomic E-state index is 11.9. The average Bonchev–Trinajstić information content (AvgIpc) is 2.82. The van der Waals surface area contributed by atoms with Crippen molar-refractivity contribution in [3.63, 3.8) is 0 Å². The number of morpholine rings is 1. The molecule has 0 unspecified atom stereocenters. The van der Waals surface area contributed by atoms with Crippen molar-refractivity contribution < 1.29 is 17.9 Å². The van der Waals surface area contributed by atoms with Gasteiger partial charge in [-0.15, -0.1) is 0 Å². The first-order valence-corrected chi connectivity index (χ1v) is 12.9. The molecular weight excluding hydrogens is 474 g/mol. The zero-order chi connectivity index (χ0) is 23.0. The van der Waals surface area contributed by atoms with Gasteiger partial charge >= 0.3 is 0 Å². The molecule has 11 heteroatoms. The van der Waals surface area contributed by atoms with Crippen molar-refractivity contribution in [2.75, 3.05) is 51.1 Å². The highest BCUT2D eigenvalue weighted by molar-refractivity contribution is 7.88. The zero-order valence-electron chi connectivity index (χ0n) is 19.3. The van der Waals surface area contributed by atoms with Crippen molar-refractivity contribution in [2.24, 2.45) is 0 Å². The first kappa shape index (κ1) is 24.6. The lowest BCUT2D eigenvalue weighted by molar-refractivity contribution is -0.0252. The Morgan fingerprint density at radius 1 is 1.18 bits per heavy atom. The average molecular weight is 504 g/mol. The highest BCUT2D eigenvalue weighted by atomic mass is 32.2. The van der Waals surface area contributed by atoms with Crippen LogP contribution in [-0.2, 0) is 21.2 Å². The molecule has 0 aliphatic carbocycles. The lowest BCUT2D eigenvalue weighted by Crippen LogP contribution is -2.47. The van der Waals surface area contributed by atoms with E-state index in [1.165, 1.54) is 21.8 Å². The molecule has 2 aliphatic heterocycles. The van der Waals surface area contributed by atoms with E-state index in [1.54, 1.807) is 12.4 Å². The number of rotatable bonds is 5. The van der Waals surface area contributed by atoms with Crippen LogP contribution in [0, 0.1) is 0 Å². The van der Waals surface area contributed by atoms with E-state index in [4.69, 9.17) is 14.5 Å². The number of hydrogen-bond donors (Lipinski definition) is 0. The summed E-state index contributed by atoms with van der Waals surface area (Å²) >= 11 is 0. The van der Waals surface area contributed by atoms with Crippen LogP contribution in [0.25, 0.3) is 22.3 Å². The number of anilines is 1. The minimum Gasteiger partial charge on any atom is -0.473 e. The van der Waals surface area contributed by atoms with Gasteiger partial charge in [-0.2, -0.15) is 17.8 Å². The van der Waals surface area contributed by atoms with Gasteiger partial charge in [0.25, 0.3) is 0 Å². The monoisotopic (exact) mass is 503 g/mol. The van der Waals surface area contributed by atoms with Crippen LogP contribution in [0.2, 0.25) is 0 Å². The number of aryl methyl sites for hydroxylation is 1. The van der Waals surface area contributed by atoms with Gasteiger partial charge in [0.15, 0.2) is 5.52 Å². The molecule has 1 atom stereocenters. The van der Waals surface area contributed by atoms with Crippen molar-refractivity contribution in [3.05, 3.63) is 42.2 Å². The molecule has 182 valence electrons. The predicted molar refractivity (Wildman–Crippen MR) is 136 cm³/mol. The number of fused-ring (bicyclic) bond motifs is 2. The molecule has 0 radical (unpaired) electrons. The number of benzene rings is 1. The first-order chi connectivity index (χ1) is 15.9. The molecule has 1 aromatic carbocycles. The number of nitrogens with zero attached hydrogens (tertiary/aromatic N) is 5.